The Labute approximate surface area is 137 Å². The Morgan fingerprint density at radius 3 is 2.27 bits per heavy atom. The first-order chi connectivity index (χ1) is 10.6. The summed E-state index contributed by atoms with van der Waals surface area (Å²) in [5, 5.41) is 0. The van der Waals surface area contributed by atoms with Crippen molar-refractivity contribution in [3.05, 3.63) is 42.0 Å². The smallest absolute Gasteiger partial charge is 0.338 e. The molecule has 1 atom stereocenters. The first kappa shape index (κ1) is 19.1. The van der Waals surface area contributed by atoms with E-state index < -0.39 is 8.56 Å². The van der Waals surface area contributed by atoms with Crippen LogP contribution in [0.3, 0.4) is 0 Å². The lowest BCUT2D eigenvalue weighted by Gasteiger charge is -2.31. The molecule has 0 radical (unpaired) electrons. The number of benzene rings is 1. The fourth-order valence-electron chi connectivity index (χ4n) is 2.99. The second kappa shape index (κ2) is 9.98. The molecule has 0 saturated heterocycles. The van der Waals surface area contributed by atoms with Crippen LogP contribution in [0.4, 0.5) is 0 Å². The molecular formula is C19H32O2Si. The van der Waals surface area contributed by atoms with Crippen LogP contribution in [0, 0.1) is 0 Å². The summed E-state index contributed by atoms with van der Waals surface area (Å²) in [6.45, 7) is 14.1. The summed E-state index contributed by atoms with van der Waals surface area (Å²) < 4.78 is 12.6. The average Bonchev–Trinajstić information content (AvgIpc) is 2.53. The van der Waals surface area contributed by atoms with Gasteiger partial charge in [-0.1, -0.05) is 70.5 Å². The van der Waals surface area contributed by atoms with Gasteiger partial charge in [0.2, 0.25) is 0 Å². The maximum atomic E-state index is 6.45. The van der Waals surface area contributed by atoms with Gasteiger partial charge in [-0.25, -0.2) is 0 Å². The molecule has 0 aliphatic rings. The highest BCUT2D eigenvalue weighted by Crippen LogP contribution is 2.27. The second-order valence-corrected chi connectivity index (χ2v) is 9.29. The maximum Gasteiger partial charge on any atom is 0.338 e. The summed E-state index contributed by atoms with van der Waals surface area (Å²) in [6.07, 6.45) is 4.19. The molecule has 0 aliphatic carbocycles. The minimum absolute atomic E-state index is 0.357. The summed E-state index contributed by atoms with van der Waals surface area (Å²) in [4.78, 5) is 0. The molecule has 0 amide bonds. The van der Waals surface area contributed by atoms with Crippen molar-refractivity contribution in [2.45, 2.75) is 58.5 Å². The van der Waals surface area contributed by atoms with Crippen molar-refractivity contribution in [1.29, 1.82) is 0 Å². The Bertz CT molecular complexity index is 428. The number of rotatable bonds is 11. The zero-order valence-electron chi connectivity index (χ0n) is 14.7. The molecule has 22 heavy (non-hydrogen) atoms. The predicted octanol–water partition coefficient (Wildman–Crippen LogP) is 5.75. The van der Waals surface area contributed by atoms with E-state index in [9.17, 15) is 0 Å². The molecule has 124 valence electrons. The second-order valence-electron chi connectivity index (χ2n) is 5.89. The largest absolute Gasteiger partial charge is 0.394 e. The van der Waals surface area contributed by atoms with Crippen LogP contribution < -0.4 is 0 Å². The van der Waals surface area contributed by atoms with Gasteiger partial charge in [0.15, 0.2) is 0 Å². The van der Waals surface area contributed by atoms with E-state index in [0.717, 1.165) is 38.1 Å². The SMILES string of the molecule is C=Cc1ccccc1C(C)CO[Si](CCC)(CCC)OCC. The van der Waals surface area contributed by atoms with Crippen LogP contribution in [0.15, 0.2) is 30.8 Å². The normalized spacial score (nSPS) is 13.1. The van der Waals surface area contributed by atoms with Gasteiger partial charge in [0, 0.05) is 19.1 Å². The van der Waals surface area contributed by atoms with Crippen LogP contribution in [0.1, 0.15) is 57.6 Å². The molecule has 0 fully saturated rings. The van der Waals surface area contributed by atoms with Gasteiger partial charge in [-0.2, -0.15) is 0 Å². The van der Waals surface area contributed by atoms with E-state index >= 15 is 0 Å². The fraction of sp³-hybridized carbons (Fsp3) is 0.579. The summed E-state index contributed by atoms with van der Waals surface area (Å²) in [6, 6.07) is 10.6. The van der Waals surface area contributed by atoms with E-state index in [4.69, 9.17) is 8.85 Å². The molecular weight excluding hydrogens is 288 g/mol. The van der Waals surface area contributed by atoms with Gasteiger partial charge >= 0.3 is 8.56 Å². The Morgan fingerprint density at radius 2 is 1.73 bits per heavy atom. The van der Waals surface area contributed by atoms with Gasteiger partial charge in [-0.15, -0.1) is 0 Å². The third-order valence-corrected chi connectivity index (χ3v) is 8.04. The average molecular weight is 321 g/mol. The molecule has 0 bridgehead atoms. The van der Waals surface area contributed by atoms with Crippen LogP contribution in [-0.4, -0.2) is 21.8 Å². The van der Waals surface area contributed by atoms with E-state index in [-0.39, 0.29) is 0 Å². The Morgan fingerprint density at radius 1 is 1.09 bits per heavy atom. The lowest BCUT2D eigenvalue weighted by atomic mass is 9.96. The van der Waals surface area contributed by atoms with Crippen molar-refractivity contribution in [2.24, 2.45) is 0 Å². The third-order valence-electron chi connectivity index (χ3n) is 4.01. The summed E-state index contributed by atoms with van der Waals surface area (Å²) in [7, 11) is -2.04. The van der Waals surface area contributed by atoms with E-state index in [1.54, 1.807) is 0 Å². The van der Waals surface area contributed by atoms with Crippen molar-refractivity contribution in [2.75, 3.05) is 13.2 Å². The molecule has 0 saturated carbocycles. The van der Waals surface area contributed by atoms with Crippen molar-refractivity contribution in [3.63, 3.8) is 0 Å². The molecule has 1 aromatic rings. The molecule has 3 heteroatoms. The molecule has 2 nitrogen and oxygen atoms in total. The van der Waals surface area contributed by atoms with Crippen molar-refractivity contribution < 1.29 is 8.85 Å². The van der Waals surface area contributed by atoms with Crippen molar-refractivity contribution in [3.8, 4) is 0 Å². The van der Waals surface area contributed by atoms with Crippen LogP contribution in [0.2, 0.25) is 12.1 Å². The molecule has 1 rings (SSSR count). The standard InChI is InChI=1S/C19H32O2Si/c1-6-14-22(15-7-2,20-9-4)21-16-17(5)19-13-11-10-12-18(19)8-3/h8,10-13,17H,3,6-7,9,14-16H2,1-2,4-5H3. The van der Waals surface area contributed by atoms with Crippen LogP contribution in [0.5, 0.6) is 0 Å². The zero-order chi connectivity index (χ0) is 16.4. The summed E-state index contributed by atoms with van der Waals surface area (Å²) >= 11 is 0. The van der Waals surface area contributed by atoms with Crippen molar-refractivity contribution in [1.82, 2.24) is 0 Å². The van der Waals surface area contributed by atoms with Gasteiger partial charge in [0.05, 0.1) is 0 Å². The minimum Gasteiger partial charge on any atom is -0.394 e. The van der Waals surface area contributed by atoms with E-state index in [0.29, 0.717) is 5.92 Å². The minimum atomic E-state index is -2.04. The highest BCUT2D eigenvalue weighted by Gasteiger charge is 2.35. The van der Waals surface area contributed by atoms with Crippen LogP contribution >= 0.6 is 0 Å². The molecule has 0 N–H and O–H groups in total. The van der Waals surface area contributed by atoms with Gasteiger partial charge in [-0.3, -0.25) is 0 Å². The highest BCUT2D eigenvalue weighted by atomic mass is 28.4. The number of hydrogen-bond donors (Lipinski definition) is 0. The summed E-state index contributed by atoms with van der Waals surface area (Å²) in [5.41, 5.74) is 2.51. The van der Waals surface area contributed by atoms with Gasteiger partial charge < -0.3 is 8.85 Å². The van der Waals surface area contributed by atoms with Crippen LogP contribution in [-0.2, 0) is 8.85 Å². The Kier molecular flexibility index (Phi) is 8.69. The Balaban J connectivity index is 2.80. The first-order valence-corrected chi connectivity index (χ1v) is 10.8. The fourth-order valence-corrected chi connectivity index (χ4v) is 6.51. The quantitative estimate of drug-likeness (QED) is 0.483. The topological polar surface area (TPSA) is 18.5 Å². The maximum absolute atomic E-state index is 6.45. The van der Waals surface area contributed by atoms with E-state index in [2.05, 4.69) is 58.5 Å². The van der Waals surface area contributed by atoms with Gasteiger partial charge in [0.1, 0.15) is 0 Å². The lowest BCUT2D eigenvalue weighted by molar-refractivity contribution is 0.166. The predicted molar refractivity (Wildman–Crippen MR) is 98.5 cm³/mol. The number of hydrogen-bond acceptors (Lipinski definition) is 2. The monoisotopic (exact) mass is 320 g/mol. The lowest BCUT2D eigenvalue weighted by Crippen LogP contribution is -2.42. The van der Waals surface area contributed by atoms with Crippen LogP contribution in [0.25, 0.3) is 6.08 Å². The third kappa shape index (κ3) is 5.38. The van der Waals surface area contributed by atoms with E-state index in [1.807, 2.05) is 6.08 Å². The van der Waals surface area contributed by atoms with E-state index in [1.165, 1.54) is 11.1 Å². The molecule has 1 aromatic carbocycles. The molecule has 1 unspecified atom stereocenters. The molecule has 0 spiro atoms. The molecule has 0 aromatic heterocycles. The first-order valence-electron chi connectivity index (χ1n) is 8.61. The van der Waals surface area contributed by atoms with Crippen molar-refractivity contribution >= 4 is 14.6 Å². The highest BCUT2D eigenvalue weighted by molar-refractivity contribution is 6.67. The molecule has 0 heterocycles. The molecule has 0 aliphatic heterocycles. The zero-order valence-corrected chi connectivity index (χ0v) is 15.7. The van der Waals surface area contributed by atoms with Gasteiger partial charge in [0.25, 0.3) is 0 Å². The summed E-state index contributed by atoms with van der Waals surface area (Å²) in [5.74, 6) is 0.357. The Hall–Kier alpha value is -0.903. The van der Waals surface area contributed by atoms with Gasteiger partial charge in [-0.05, 0) is 30.1 Å².